The SMILES string of the molecule is C=C(C)[C@]12C[C@H]3[C@@]45OC6(O[C@@H]1[C@@H]4C1O[C@]1(CO)[C@@H](O)[C@@]1(O)[C@H]5[C@@H](C(C)CCCCCC[C@@H](O)[C@]36COC(=O)c3ccccc3)C(C)[C@@H]1OC(=O)c1ccccc1)O2. The van der Waals surface area contributed by atoms with E-state index in [1.165, 1.54) is 0 Å². The van der Waals surface area contributed by atoms with Crippen LogP contribution in [0.5, 0.6) is 0 Å². The lowest BCUT2D eigenvalue weighted by Crippen LogP contribution is -2.72. The second-order valence-corrected chi connectivity index (χ2v) is 18.6. The monoisotopic (exact) mass is 786 g/mol. The van der Waals surface area contributed by atoms with Crippen LogP contribution in [-0.4, -0.2) is 104 Å². The molecular formula is C45H54O12. The molecule has 4 aliphatic carbocycles. The zero-order valence-electron chi connectivity index (χ0n) is 32.8. The molecule has 2 aromatic carbocycles. The molecule has 3 heterocycles. The van der Waals surface area contributed by atoms with Gasteiger partial charge in [-0.3, -0.25) is 0 Å². The van der Waals surface area contributed by atoms with Crippen molar-refractivity contribution in [2.45, 2.75) is 125 Å². The molecule has 4 saturated carbocycles. The van der Waals surface area contributed by atoms with Crippen molar-refractivity contribution in [2.24, 2.45) is 40.9 Å². The molecule has 57 heavy (non-hydrogen) atoms. The number of hydrogen-bond acceptors (Lipinski definition) is 12. The minimum atomic E-state index is -2.23. The van der Waals surface area contributed by atoms with Crippen LogP contribution in [0.4, 0.5) is 0 Å². The van der Waals surface area contributed by atoms with Crippen LogP contribution in [0.3, 0.4) is 0 Å². The van der Waals surface area contributed by atoms with Gasteiger partial charge in [-0.25, -0.2) is 9.59 Å². The van der Waals surface area contributed by atoms with Crippen LogP contribution in [0, 0.1) is 40.9 Å². The maximum Gasteiger partial charge on any atom is 0.338 e. The summed E-state index contributed by atoms with van der Waals surface area (Å²) in [6.07, 6.45) is -1.06. The van der Waals surface area contributed by atoms with Gasteiger partial charge in [0.25, 0.3) is 5.97 Å². The number of carbonyl (C=O) groups excluding carboxylic acids is 2. The van der Waals surface area contributed by atoms with Crippen molar-refractivity contribution >= 4 is 11.9 Å². The highest BCUT2D eigenvalue weighted by Crippen LogP contribution is 2.83. The Kier molecular flexibility index (Phi) is 8.44. The van der Waals surface area contributed by atoms with Gasteiger partial charge in [0.15, 0.2) is 0 Å². The molecule has 2 spiro atoms. The summed E-state index contributed by atoms with van der Waals surface area (Å²) in [7, 11) is 0. The Labute approximate surface area is 332 Å². The standard InChI is InChI=1S/C45H54O12/c1-24(2)41-21-29-40(23-52-37(48)27-16-10-7-11-17-27)30(47)20-14-6-5-9-15-25(3)31-26(4)34(53-38(49)28-18-12-8-13-19-28)43(51)33(31)44(29)32(35(41)55-45(40,56-41)57-44)36-42(22-46,54-36)39(43)50/h7-8,10-13,16-19,25-26,29-36,39,46-47,50-51H,1,5-6,9,14-15,20-23H2,2-4H3/t25?,26?,29-,30-,31+,32-,33-,34+,35-,36?,39-,40+,41-,42+,43-,44-,45?/m1/s1. The van der Waals surface area contributed by atoms with Gasteiger partial charge in [0, 0.05) is 17.8 Å². The van der Waals surface area contributed by atoms with Crippen LogP contribution >= 0.6 is 0 Å². The zero-order valence-corrected chi connectivity index (χ0v) is 32.8. The molecule has 12 nitrogen and oxygen atoms in total. The average Bonchev–Trinajstić information content (AvgIpc) is 3.82. The molecule has 0 aromatic heterocycles. The lowest BCUT2D eigenvalue weighted by atomic mass is 9.47. The summed E-state index contributed by atoms with van der Waals surface area (Å²) in [4.78, 5) is 27.8. The number of aliphatic hydroxyl groups is 4. The highest BCUT2D eigenvalue weighted by atomic mass is 16.9. The van der Waals surface area contributed by atoms with E-state index in [-0.39, 0.29) is 18.9 Å². The van der Waals surface area contributed by atoms with Gasteiger partial charge in [0.2, 0.25) is 0 Å². The molecule has 17 atom stereocenters. The van der Waals surface area contributed by atoms with E-state index in [1.807, 2.05) is 19.9 Å². The van der Waals surface area contributed by atoms with Crippen LogP contribution < -0.4 is 0 Å². The van der Waals surface area contributed by atoms with Gasteiger partial charge >= 0.3 is 11.9 Å². The number of rotatable bonds is 7. The largest absolute Gasteiger partial charge is 0.461 e. The smallest absolute Gasteiger partial charge is 0.338 e. The summed E-state index contributed by atoms with van der Waals surface area (Å²) in [6.45, 7) is 9.42. The van der Waals surface area contributed by atoms with Crippen molar-refractivity contribution in [3.05, 3.63) is 83.9 Å². The van der Waals surface area contributed by atoms with Crippen molar-refractivity contribution < 1.29 is 58.4 Å². The molecule has 306 valence electrons. The van der Waals surface area contributed by atoms with E-state index < -0.39 is 112 Å². The van der Waals surface area contributed by atoms with E-state index in [4.69, 9.17) is 28.4 Å². The predicted octanol–water partition coefficient (Wildman–Crippen LogP) is 4.33. The van der Waals surface area contributed by atoms with Gasteiger partial charge in [-0.05, 0) is 67.4 Å². The van der Waals surface area contributed by atoms with E-state index in [2.05, 4.69) is 13.5 Å². The molecule has 2 bridgehead atoms. The first-order valence-electron chi connectivity index (χ1n) is 20.9. The molecule has 12 heteroatoms. The molecule has 0 amide bonds. The summed E-state index contributed by atoms with van der Waals surface area (Å²) < 4.78 is 41.0. The molecule has 7 aliphatic rings. The molecular weight excluding hydrogens is 732 g/mol. The van der Waals surface area contributed by atoms with Gasteiger partial charge in [0.1, 0.15) is 53.2 Å². The van der Waals surface area contributed by atoms with Crippen molar-refractivity contribution in [3.63, 3.8) is 0 Å². The van der Waals surface area contributed by atoms with E-state index >= 15 is 0 Å². The Bertz CT molecular complexity index is 1960. The Balaban J connectivity index is 1.21. The number of aliphatic hydroxyl groups excluding tert-OH is 3. The van der Waals surface area contributed by atoms with E-state index in [9.17, 15) is 30.0 Å². The minimum Gasteiger partial charge on any atom is -0.461 e. The average molecular weight is 787 g/mol. The number of esters is 2. The van der Waals surface area contributed by atoms with Crippen molar-refractivity contribution in [2.75, 3.05) is 13.2 Å². The number of benzene rings is 2. The van der Waals surface area contributed by atoms with Gasteiger partial charge in [-0.2, -0.15) is 0 Å². The number of epoxide rings is 1. The third kappa shape index (κ3) is 4.56. The summed E-state index contributed by atoms with van der Waals surface area (Å²) in [6, 6.07) is 17.2. The summed E-state index contributed by atoms with van der Waals surface area (Å²) in [5.74, 6) is -6.56. The third-order valence-corrected chi connectivity index (χ3v) is 16.2. The summed E-state index contributed by atoms with van der Waals surface area (Å²) >= 11 is 0. The molecule has 9 rings (SSSR count). The van der Waals surface area contributed by atoms with E-state index in [0.717, 1.165) is 25.7 Å². The van der Waals surface area contributed by atoms with Crippen LogP contribution in [0.1, 0.15) is 86.4 Å². The normalized spacial score (nSPS) is 49.8. The highest BCUT2D eigenvalue weighted by molar-refractivity contribution is 5.90. The first-order chi connectivity index (χ1) is 27.3. The molecule has 4 N–H and O–H groups in total. The Morgan fingerprint density at radius 2 is 1.53 bits per heavy atom. The van der Waals surface area contributed by atoms with Crippen LogP contribution in [-0.2, 0) is 28.4 Å². The maximum atomic E-state index is 14.0. The van der Waals surface area contributed by atoms with Crippen molar-refractivity contribution in [3.8, 4) is 0 Å². The first-order valence-corrected chi connectivity index (χ1v) is 20.9. The quantitative estimate of drug-likeness (QED) is 0.178. The molecule has 2 aromatic rings. The first kappa shape index (κ1) is 38.0. The van der Waals surface area contributed by atoms with Crippen LogP contribution in [0.15, 0.2) is 72.8 Å². The Morgan fingerprint density at radius 3 is 2.18 bits per heavy atom. The molecule has 3 saturated heterocycles. The predicted molar refractivity (Wildman–Crippen MR) is 201 cm³/mol. The third-order valence-electron chi connectivity index (χ3n) is 16.2. The molecule has 0 radical (unpaired) electrons. The van der Waals surface area contributed by atoms with Gasteiger partial charge in [-0.15, -0.1) is 0 Å². The van der Waals surface area contributed by atoms with Gasteiger partial charge < -0.3 is 48.8 Å². The fraction of sp³-hybridized carbons (Fsp3) is 0.644. The second-order valence-electron chi connectivity index (χ2n) is 18.6. The Morgan fingerprint density at radius 1 is 0.877 bits per heavy atom. The number of carbonyl (C=O) groups is 2. The molecule has 3 aliphatic heterocycles. The lowest BCUT2D eigenvalue weighted by Gasteiger charge is -2.59. The van der Waals surface area contributed by atoms with Crippen LogP contribution in [0.25, 0.3) is 0 Å². The molecule has 7 fully saturated rings. The minimum absolute atomic E-state index is 0.0527. The summed E-state index contributed by atoms with van der Waals surface area (Å²) in [5.41, 5.74) is -6.68. The summed E-state index contributed by atoms with van der Waals surface area (Å²) in [5, 5.41) is 50.8. The van der Waals surface area contributed by atoms with Crippen molar-refractivity contribution in [1.82, 2.24) is 0 Å². The lowest BCUT2D eigenvalue weighted by molar-refractivity contribution is -0.432. The topological polar surface area (TPSA) is 174 Å². The fourth-order valence-corrected chi connectivity index (χ4v) is 13.7. The fourth-order valence-electron chi connectivity index (χ4n) is 13.7. The van der Waals surface area contributed by atoms with E-state index in [0.29, 0.717) is 29.5 Å². The van der Waals surface area contributed by atoms with Gasteiger partial charge in [0.05, 0.1) is 29.4 Å². The van der Waals surface area contributed by atoms with E-state index in [1.54, 1.807) is 54.6 Å². The molecule has 4 unspecified atom stereocenters. The zero-order chi connectivity index (χ0) is 39.9. The van der Waals surface area contributed by atoms with Crippen molar-refractivity contribution in [1.29, 1.82) is 0 Å². The Hall–Kier alpha value is -3.20. The maximum absolute atomic E-state index is 14.0. The number of fused-ring (bicyclic) bond motifs is 5. The second kappa shape index (κ2) is 12.7. The van der Waals surface area contributed by atoms with Crippen LogP contribution in [0.2, 0.25) is 0 Å². The number of ether oxygens (including phenoxy) is 6. The van der Waals surface area contributed by atoms with Gasteiger partial charge in [-0.1, -0.05) is 88.9 Å². The number of hydrogen-bond donors (Lipinski definition) is 4. The highest BCUT2D eigenvalue weighted by Gasteiger charge is 2.98.